The van der Waals surface area contributed by atoms with Gasteiger partial charge in [0.2, 0.25) is 0 Å². The number of phenolic OH excluding ortho intramolecular Hbond substituents is 1. The van der Waals surface area contributed by atoms with Gasteiger partial charge in [0.1, 0.15) is 0 Å². The number of methoxy groups -OCH3 is 1. The number of rotatable bonds is 4. The molecule has 106 valence electrons. The molecule has 0 unspecified atom stereocenters. The summed E-state index contributed by atoms with van der Waals surface area (Å²) in [7, 11) is 1.56. The molecule has 0 fully saturated rings. The molecule has 0 bridgehead atoms. The molecule has 2 aromatic rings. The van der Waals surface area contributed by atoms with E-state index in [1.54, 1.807) is 7.11 Å². The minimum Gasteiger partial charge on any atom is -0.504 e. The molecular formula is C16H18INO2. The predicted molar refractivity (Wildman–Crippen MR) is 90.6 cm³/mol. The maximum absolute atomic E-state index is 9.83. The lowest BCUT2D eigenvalue weighted by molar-refractivity contribution is 0.371. The lowest BCUT2D eigenvalue weighted by atomic mass is 10.1. The first-order chi connectivity index (χ1) is 9.51. The quantitative estimate of drug-likeness (QED) is 0.777. The monoisotopic (exact) mass is 383 g/mol. The number of hydrogen-bond acceptors (Lipinski definition) is 3. The number of hydrogen-bond donors (Lipinski definition) is 2. The van der Waals surface area contributed by atoms with Gasteiger partial charge >= 0.3 is 0 Å². The van der Waals surface area contributed by atoms with E-state index in [-0.39, 0.29) is 5.75 Å². The summed E-state index contributed by atoms with van der Waals surface area (Å²) in [6, 6.07) is 10.1. The molecule has 0 aliphatic rings. The number of anilines is 1. The van der Waals surface area contributed by atoms with Crippen molar-refractivity contribution < 1.29 is 9.84 Å². The number of benzene rings is 2. The Labute approximate surface area is 133 Å². The van der Waals surface area contributed by atoms with Crippen LogP contribution in [-0.4, -0.2) is 12.2 Å². The molecule has 0 amide bonds. The van der Waals surface area contributed by atoms with Crippen molar-refractivity contribution in [1.29, 1.82) is 0 Å². The average Bonchev–Trinajstić information content (AvgIpc) is 2.41. The summed E-state index contributed by atoms with van der Waals surface area (Å²) in [5, 5.41) is 13.2. The number of aryl methyl sites for hydroxylation is 2. The molecule has 2 aromatic carbocycles. The van der Waals surface area contributed by atoms with E-state index in [9.17, 15) is 5.11 Å². The zero-order valence-electron chi connectivity index (χ0n) is 11.8. The Morgan fingerprint density at radius 2 is 1.95 bits per heavy atom. The molecular weight excluding hydrogens is 365 g/mol. The summed E-state index contributed by atoms with van der Waals surface area (Å²) in [5.41, 5.74) is 4.68. The fraction of sp³-hybridized carbons (Fsp3) is 0.250. The van der Waals surface area contributed by atoms with Crippen LogP contribution in [0, 0.1) is 17.4 Å². The Kier molecular flexibility index (Phi) is 4.75. The Balaban J connectivity index is 2.16. The average molecular weight is 383 g/mol. The van der Waals surface area contributed by atoms with Crippen LogP contribution >= 0.6 is 22.6 Å². The number of phenols is 1. The maximum atomic E-state index is 9.83. The molecule has 0 aromatic heterocycles. The third-order valence-corrected chi connectivity index (χ3v) is 4.00. The normalized spacial score (nSPS) is 10.4. The van der Waals surface area contributed by atoms with Gasteiger partial charge in [0.25, 0.3) is 0 Å². The van der Waals surface area contributed by atoms with Crippen LogP contribution in [0.2, 0.25) is 0 Å². The van der Waals surface area contributed by atoms with Crippen LogP contribution in [-0.2, 0) is 6.54 Å². The molecule has 0 radical (unpaired) electrons. The van der Waals surface area contributed by atoms with Crippen molar-refractivity contribution in [1.82, 2.24) is 0 Å². The highest BCUT2D eigenvalue weighted by molar-refractivity contribution is 14.1. The van der Waals surface area contributed by atoms with E-state index in [2.05, 4.69) is 60.0 Å². The summed E-state index contributed by atoms with van der Waals surface area (Å²) in [4.78, 5) is 0. The fourth-order valence-corrected chi connectivity index (χ4v) is 2.76. The van der Waals surface area contributed by atoms with Crippen molar-refractivity contribution in [2.24, 2.45) is 0 Å². The molecule has 0 aliphatic carbocycles. The molecule has 0 saturated carbocycles. The molecule has 3 nitrogen and oxygen atoms in total. The lowest BCUT2D eigenvalue weighted by Gasteiger charge is -2.12. The second-order valence-electron chi connectivity index (χ2n) is 4.80. The van der Waals surface area contributed by atoms with Crippen molar-refractivity contribution >= 4 is 28.3 Å². The van der Waals surface area contributed by atoms with Crippen molar-refractivity contribution in [3.05, 3.63) is 50.6 Å². The van der Waals surface area contributed by atoms with E-state index in [1.165, 1.54) is 11.1 Å². The van der Waals surface area contributed by atoms with E-state index in [0.29, 0.717) is 12.3 Å². The van der Waals surface area contributed by atoms with Gasteiger partial charge in [-0.25, -0.2) is 0 Å². The third-order valence-electron chi connectivity index (χ3n) is 3.17. The maximum Gasteiger partial charge on any atom is 0.171 e. The van der Waals surface area contributed by atoms with Crippen molar-refractivity contribution in [3.8, 4) is 11.5 Å². The molecule has 0 saturated heterocycles. The molecule has 20 heavy (non-hydrogen) atoms. The van der Waals surface area contributed by atoms with Gasteiger partial charge in [-0.15, -0.1) is 0 Å². The van der Waals surface area contributed by atoms with Crippen LogP contribution in [0.4, 0.5) is 5.69 Å². The number of ether oxygens (including phenoxy) is 1. The van der Waals surface area contributed by atoms with Crippen molar-refractivity contribution in [3.63, 3.8) is 0 Å². The van der Waals surface area contributed by atoms with Gasteiger partial charge in [0.05, 0.1) is 10.7 Å². The van der Waals surface area contributed by atoms with Crippen LogP contribution in [0.15, 0.2) is 30.3 Å². The molecule has 2 rings (SSSR count). The first-order valence-electron chi connectivity index (χ1n) is 6.37. The number of halogens is 1. The van der Waals surface area contributed by atoms with Gasteiger partial charge < -0.3 is 15.2 Å². The van der Waals surface area contributed by atoms with Crippen LogP contribution in [0.25, 0.3) is 0 Å². The van der Waals surface area contributed by atoms with E-state index < -0.39 is 0 Å². The van der Waals surface area contributed by atoms with Gasteiger partial charge in [-0.05, 0) is 65.8 Å². The van der Waals surface area contributed by atoms with Crippen LogP contribution in [0.3, 0.4) is 0 Å². The minimum absolute atomic E-state index is 0.198. The van der Waals surface area contributed by atoms with Crippen LogP contribution in [0.1, 0.15) is 16.7 Å². The fourth-order valence-electron chi connectivity index (χ4n) is 2.09. The van der Waals surface area contributed by atoms with Gasteiger partial charge in [-0.3, -0.25) is 0 Å². The Hall–Kier alpha value is -1.43. The minimum atomic E-state index is 0.198. The standard InChI is InChI=1S/C16H18INO2/c1-10-4-5-14(11(2)6-10)18-9-12-7-13(17)16(19)15(8-12)20-3/h4-8,18-19H,9H2,1-3H3. The number of aromatic hydroxyl groups is 1. The highest BCUT2D eigenvalue weighted by Gasteiger charge is 2.08. The molecule has 0 aliphatic heterocycles. The first-order valence-corrected chi connectivity index (χ1v) is 7.45. The van der Waals surface area contributed by atoms with Gasteiger partial charge in [-0.1, -0.05) is 17.7 Å². The molecule has 4 heteroatoms. The summed E-state index contributed by atoms with van der Waals surface area (Å²) >= 11 is 2.11. The smallest absolute Gasteiger partial charge is 0.171 e. The highest BCUT2D eigenvalue weighted by Crippen LogP contribution is 2.32. The summed E-state index contributed by atoms with van der Waals surface area (Å²) < 4.78 is 5.97. The molecule has 2 N–H and O–H groups in total. The zero-order chi connectivity index (χ0) is 14.7. The molecule has 0 heterocycles. The third kappa shape index (κ3) is 3.36. The lowest BCUT2D eigenvalue weighted by Crippen LogP contribution is -2.02. The summed E-state index contributed by atoms with van der Waals surface area (Å²) in [5.74, 6) is 0.706. The van der Waals surface area contributed by atoms with Gasteiger partial charge in [0, 0.05) is 12.2 Å². The van der Waals surface area contributed by atoms with E-state index >= 15 is 0 Å². The van der Waals surface area contributed by atoms with E-state index in [4.69, 9.17) is 4.74 Å². The second-order valence-corrected chi connectivity index (χ2v) is 5.96. The first kappa shape index (κ1) is 15.0. The second kappa shape index (κ2) is 6.35. The Morgan fingerprint density at radius 3 is 2.60 bits per heavy atom. The predicted octanol–water partition coefficient (Wildman–Crippen LogP) is 4.23. The van der Waals surface area contributed by atoms with Gasteiger partial charge in [-0.2, -0.15) is 0 Å². The van der Waals surface area contributed by atoms with E-state index in [1.807, 2.05) is 12.1 Å². The van der Waals surface area contributed by atoms with Crippen molar-refractivity contribution in [2.45, 2.75) is 20.4 Å². The Morgan fingerprint density at radius 1 is 1.20 bits per heavy atom. The number of nitrogens with one attached hydrogen (secondary N) is 1. The molecule has 0 spiro atoms. The van der Waals surface area contributed by atoms with Crippen LogP contribution in [0.5, 0.6) is 11.5 Å². The largest absolute Gasteiger partial charge is 0.504 e. The summed E-state index contributed by atoms with van der Waals surface area (Å²) in [6.45, 7) is 4.87. The highest BCUT2D eigenvalue weighted by atomic mass is 127. The SMILES string of the molecule is COc1cc(CNc2ccc(C)cc2C)cc(I)c1O. The van der Waals surface area contributed by atoms with E-state index in [0.717, 1.165) is 14.8 Å². The zero-order valence-corrected chi connectivity index (χ0v) is 14.0. The van der Waals surface area contributed by atoms with Gasteiger partial charge in [0.15, 0.2) is 11.5 Å². The van der Waals surface area contributed by atoms with Crippen LogP contribution < -0.4 is 10.1 Å². The molecule has 0 atom stereocenters. The summed E-state index contributed by atoms with van der Waals surface area (Å²) in [6.07, 6.45) is 0. The Bertz CT molecular complexity index is 626. The van der Waals surface area contributed by atoms with Crippen molar-refractivity contribution in [2.75, 3.05) is 12.4 Å². The topological polar surface area (TPSA) is 41.5 Å².